The van der Waals surface area contributed by atoms with Crippen LogP contribution in [0.15, 0.2) is 40.6 Å². The molecule has 1 heterocycles. The molecular formula is C13H10F3NO2S. The number of aliphatic hydroxyl groups is 1. The van der Waals surface area contributed by atoms with Gasteiger partial charge in [0.2, 0.25) is 0 Å². The highest BCUT2D eigenvalue weighted by Crippen LogP contribution is 2.33. The minimum atomic E-state index is -4.44. The van der Waals surface area contributed by atoms with Gasteiger partial charge in [0.1, 0.15) is 10.8 Å². The summed E-state index contributed by atoms with van der Waals surface area (Å²) >= 11 is 1.12. The summed E-state index contributed by atoms with van der Waals surface area (Å²) in [6.07, 6.45) is -4.44. The number of rotatable bonds is 2. The van der Waals surface area contributed by atoms with Gasteiger partial charge in [-0.2, -0.15) is 13.2 Å². The molecule has 106 valence electrons. The lowest BCUT2D eigenvalue weighted by Crippen LogP contribution is -2.05. The van der Waals surface area contributed by atoms with Crippen molar-refractivity contribution in [2.75, 3.05) is 5.75 Å². The number of thioether (sulfide) groups is 1. The largest absolute Gasteiger partial charge is 0.511 e. The molecule has 0 radical (unpaired) electrons. The van der Waals surface area contributed by atoms with Crippen molar-refractivity contribution in [3.8, 4) is 0 Å². The molecule has 20 heavy (non-hydrogen) atoms. The van der Waals surface area contributed by atoms with Crippen molar-refractivity contribution < 1.29 is 23.1 Å². The van der Waals surface area contributed by atoms with Crippen LogP contribution >= 0.6 is 11.8 Å². The minimum Gasteiger partial charge on any atom is -0.511 e. The summed E-state index contributed by atoms with van der Waals surface area (Å²) in [6, 6.07) is 4.51. The molecular weight excluding hydrogens is 291 g/mol. The molecule has 2 rings (SSSR count). The third-order valence-corrected chi connectivity index (χ3v) is 3.59. The predicted molar refractivity (Wildman–Crippen MR) is 71.3 cm³/mol. The third-order valence-electron chi connectivity index (χ3n) is 2.60. The zero-order chi connectivity index (χ0) is 14.9. The third kappa shape index (κ3) is 3.04. The van der Waals surface area contributed by atoms with E-state index in [2.05, 4.69) is 4.99 Å². The van der Waals surface area contributed by atoms with Gasteiger partial charge in [-0.05, 0) is 25.1 Å². The van der Waals surface area contributed by atoms with E-state index in [1.54, 1.807) is 0 Å². The molecule has 0 amide bonds. The van der Waals surface area contributed by atoms with E-state index in [1.165, 1.54) is 19.1 Å². The van der Waals surface area contributed by atoms with Gasteiger partial charge in [0.05, 0.1) is 22.6 Å². The van der Waals surface area contributed by atoms with Gasteiger partial charge in [0.25, 0.3) is 0 Å². The van der Waals surface area contributed by atoms with Crippen LogP contribution in [0, 0.1) is 0 Å². The summed E-state index contributed by atoms with van der Waals surface area (Å²) in [7, 11) is 0. The monoisotopic (exact) mass is 301 g/mol. The lowest BCUT2D eigenvalue weighted by atomic mass is 10.1. The Morgan fingerprint density at radius 1 is 1.40 bits per heavy atom. The first kappa shape index (κ1) is 14.6. The molecule has 0 bridgehead atoms. The fraction of sp³-hybridized carbons (Fsp3) is 0.231. The number of aliphatic hydroxyl groups excluding tert-OH is 1. The molecule has 1 aliphatic rings. The van der Waals surface area contributed by atoms with Crippen LogP contribution < -0.4 is 0 Å². The predicted octanol–water partition coefficient (Wildman–Crippen LogP) is 3.88. The number of aliphatic imine (C=N–C) groups is 1. The van der Waals surface area contributed by atoms with Crippen molar-refractivity contribution in [2.24, 2.45) is 4.99 Å². The van der Waals surface area contributed by atoms with Gasteiger partial charge in [-0.15, -0.1) is 0 Å². The summed E-state index contributed by atoms with van der Waals surface area (Å²) in [4.78, 5) is 15.4. The van der Waals surface area contributed by atoms with Crippen LogP contribution in [0.3, 0.4) is 0 Å². The van der Waals surface area contributed by atoms with Crippen molar-refractivity contribution in [3.63, 3.8) is 0 Å². The molecule has 1 N–H and O–H groups in total. The first-order valence-corrected chi connectivity index (χ1v) is 6.60. The van der Waals surface area contributed by atoms with Crippen molar-refractivity contribution in [2.45, 2.75) is 13.1 Å². The van der Waals surface area contributed by atoms with Crippen LogP contribution in [0.1, 0.15) is 12.5 Å². The van der Waals surface area contributed by atoms with Crippen molar-refractivity contribution in [3.05, 3.63) is 41.2 Å². The van der Waals surface area contributed by atoms with Crippen LogP contribution in [0.25, 0.3) is 0 Å². The average molecular weight is 301 g/mol. The SMILES string of the molecule is CC(=O)C1=C(O)CSC1=Nc1cccc(C(F)(F)F)c1. The Hall–Kier alpha value is -1.76. The van der Waals surface area contributed by atoms with Crippen LogP contribution in [-0.4, -0.2) is 21.7 Å². The molecule has 7 heteroatoms. The second-order valence-corrected chi connectivity index (χ2v) is 5.10. The Bertz CT molecular complexity index is 620. The summed E-state index contributed by atoms with van der Waals surface area (Å²) in [5.41, 5.74) is -0.636. The number of nitrogens with zero attached hydrogens (tertiary/aromatic N) is 1. The molecule has 0 fully saturated rings. The molecule has 0 aromatic heterocycles. The fourth-order valence-electron chi connectivity index (χ4n) is 1.72. The molecule has 1 aliphatic heterocycles. The molecule has 0 atom stereocenters. The maximum atomic E-state index is 12.6. The molecule has 0 saturated heterocycles. The highest BCUT2D eigenvalue weighted by atomic mass is 32.2. The zero-order valence-electron chi connectivity index (χ0n) is 10.4. The maximum absolute atomic E-state index is 12.6. The summed E-state index contributed by atoms with van der Waals surface area (Å²) < 4.78 is 37.8. The minimum absolute atomic E-state index is 0.0763. The number of carbonyl (C=O) groups excluding carboxylic acids is 1. The molecule has 0 spiro atoms. The van der Waals surface area contributed by atoms with E-state index < -0.39 is 11.7 Å². The Balaban J connectivity index is 2.40. The molecule has 0 aliphatic carbocycles. The van der Waals surface area contributed by atoms with E-state index >= 15 is 0 Å². The zero-order valence-corrected chi connectivity index (χ0v) is 11.2. The highest BCUT2D eigenvalue weighted by molar-refractivity contribution is 8.15. The first-order chi connectivity index (χ1) is 9.29. The number of halogens is 3. The Labute approximate surface area is 117 Å². The topological polar surface area (TPSA) is 49.7 Å². The van der Waals surface area contributed by atoms with Crippen molar-refractivity contribution >= 4 is 28.3 Å². The van der Waals surface area contributed by atoms with E-state index in [0.29, 0.717) is 0 Å². The van der Waals surface area contributed by atoms with Crippen LogP contribution in [0.5, 0.6) is 0 Å². The fourth-order valence-corrected chi connectivity index (χ4v) is 2.71. The summed E-state index contributed by atoms with van der Waals surface area (Å²) in [6.45, 7) is 1.28. The lowest BCUT2D eigenvalue weighted by Gasteiger charge is -2.07. The number of ketones is 1. The van der Waals surface area contributed by atoms with Gasteiger partial charge in [-0.3, -0.25) is 4.79 Å². The average Bonchev–Trinajstić information content (AvgIpc) is 2.69. The smallest absolute Gasteiger partial charge is 0.416 e. The Morgan fingerprint density at radius 2 is 2.10 bits per heavy atom. The second kappa shape index (κ2) is 5.32. The van der Waals surface area contributed by atoms with Crippen LogP contribution in [0.2, 0.25) is 0 Å². The summed E-state index contributed by atoms with van der Waals surface area (Å²) in [5.74, 6) is -0.251. The number of benzene rings is 1. The van der Waals surface area contributed by atoms with Gasteiger partial charge >= 0.3 is 6.18 Å². The number of alkyl halides is 3. The van der Waals surface area contributed by atoms with Crippen molar-refractivity contribution in [1.29, 1.82) is 0 Å². The van der Waals surface area contributed by atoms with E-state index in [4.69, 9.17) is 0 Å². The Morgan fingerprint density at radius 3 is 2.70 bits per heavy atom. The highest BCUT2D eigenvalue weighted by Gasteiger charge is 2.31. The maximum Gasteiger partial charge on any atom is 0.416 e. The number of carbonyl (C=O) groups is 1. The molecule has 3 nitrogen and oxygen atoms in total. The molecule has 1 aromatic carbocycles. The van der Waals surface area contributed by atoms with Crippen LogP contribution in [0.4, 0.5) is 18.9 Å². The lowest BCUT2D eigenvalue weighted by molar-refractivity contribution is -0.137. The normalized spacial score (nSPS) is 17.9. The number of hydrogen-bond acceptors (Lipinski definition) is 4. The first-order valence-electron chi connectivity index (χ1n) is 5.61. The van der Waals surface area contributed by atoms with Crippen LogP contribution in [-0.2, 0) is 11.0 Å². The van der Waals surface area contributed by atoms with Gasteiger partial charge in [-0.25, -0.2) is 4.99 Å². The number of hydrogen-bond donors (Lipinski definition) is 1. The molecule has 0 unspecified atom stereocenters. The van der Waals surface area contributed by atoms with E-state index in [9.17, 15) is 23.1 Å². The summed E-state index contributed by atoms with van der Waals surface area (Å²) in [5, 5.41) is 9.81. The van der Waals surface area contributed by atoms with Gasteiger partial charge in [0, 0.05) is 0 Å². The Kier molecular flexibility index (Phi) is 3.89. The van der Waals surface area contributed by atoms with Crippen molar-refractivity contribution in [1.82, 2.24) is 0 Å². The molecule has 1 aromatic rings. The quantitative estimate of drug-likeness (QED) is 0.901. The van der Waals surface area contributed by atoms with Gasteiger partial charge in [-0.1, -0.05) is 17.8 Å². The van der Waals surface area contributed by atoms with E-state index in [1.807, 2.05) is 0 Å². The van der Waals surface area contributed by atoms with Gasteiger partial charge in [0.15, 0.2) is 5.78 Å². The van der Waals surface area contributed by atoms with E-state index in [-0.39, 0.29) is 33.6 Å². The standard InChI is InChI=1S/C13H10F3NO2S/c1-7(18)11-10(19)6-20-12(11)17-9-4-2-3-8(5-9)13(14,15)16/h2-5,19H,6H2,1H3. The number of Topliss-reactive ketones (excluding diaryl/α,β-unsaturated/α-hetero) is 1. The van der Waals surface area contributed by atoms with Gasteiger partial charge < -0.3 is 5.11 Å². The molecule has 0 saturated carbocycles. The van der Waals surface area contributed by atoms with E-state index in [0.717, 1.165) is 23.9 Å². The second-order valence-electron chi connectivity index (χ2n) is 4.13.